The van der Waals surface area contributed by atoms with Crippen LogP contribution in [0.4, 0.5) is 10.1 Å². The fourth-order valence-electron chi connectivity index (χ4n) is 2.34. The number of carbonyl (C=O) groups is 2. The van der Waals surface area contributed by atoms with Crippen molar-refractivity contribution in [1.82, 2.24) is 5.32 Å². The molecule has 8 heteroatoms. The van der Waals surface area contributed by atoms with Crippen LogP contribution in [0.1, 0.15) is 28.4 Å². The molecule has 2 aromatic rings. The average Bonchev–Trinajstić information content (AvgIpc) is 2.63. The normalized spacial score (nSPS) is 11.5. The molecular formula is C19H19FN2O5. The lowest BCUT2D eigenvalue weighted by Crippen LogP contribution is -2.36. The number of hydrogen-bond donors (Lipinski definition) is 1. The van der Waals surface area contributed by atoms with Crippen LogP contribution in [0.25, 0.3) is 0 Å². The Hall–Kier alpha value is -3.29. The molecule has 0 fully saturated rings. The zero-order chi connectivity index (χ0) is 20.0. The van der Waals surface area contributed by atoms with Gasteiger partial charge in [0.25, 0.3) is 11.6 Å². The smallest absolute Gasteiger partial charge is 0.339 e. The molecule has 0 unspecified atom stereocenters. The van der Waals surface area contributed by atoms with Gasteiger partial charge in [0.15, 0.2) is 6.10 Å². The summed E-state index contributed by atoms with van der Waals surface area (Å²) in [4.78, 5) is 34.5. The number of nitro groups is 1. The van der Waals surface area contributed by atoms with Gasteiger partial charge < -0.3 is 10.1 Å². The molecule has 0 aliphatic heterocycles. The van der Waals surface area contributed by atoms with Crippen LogP contribution in [-0.2, 0) is 16.0 Å². The number of nitrogens with zero attached hydrogens (tertiary/aromatic N) is 1. The zero-order valence-electron chi connectivity index (χ0n) is 14.9. The topological polar surface area (TPSA) is 98.5 Å². The van der Waals surface area contributed by atoms with Gasteiger partial charge in [-0.3, -0.25) is 14.9 Å². The highest BCUT2D eigenvalue weighted by Gasteiger charge is 2.21. The van der Waals surface area contributed by atoms with Gasteiger partial charge in [0.2, 0.25) is 0 Å². The Morgan fingerprint density at radius 2 is 1.89 bits per heavy atom. The van der Waals surface area contributed by atoms with Crippen molar-refractivity contribution >= 4 is 17.6 Å². The van der Waals surface area contributed by atoms with E-state index in [9.17, 15) is 24.1 Å². The third kappa shape index (κ3) is 5.60. The first-order chi connectivity index (χ1) is 12.8. The van der Waals surface area contributed by atoms with E-state index in [1.807, 2.05) is 0 Å². The van der Waals surface area contributed by atoms with E-state index in [1.54, 1.807) is 19.1 Å². The Labute approximate surface area is 155 Å². The highest BCUT2D eigenvalue weighted by Crippen LogP contribution is 2.20. The summed E-state index contributed by atoms with van der Waals surface area (Å²) in [5.74, 6) is -1.65. The molecule has 0 spiro atoms. The third-order valence-electron chi connectivity index (χ3n) is 3.92. The Morgan fingerprint density at radius 1 is 1.22 bits per heavy atom. The van der Waals surface area contributed by atoms with E-state index < -0.39 is 22.9 Å². The van der Waals surface area contributed by atoms with Gasteiger partial charge in [0, 0.05) is 18.2 Å². The average molecular weight is 374 g/mol. The van der Waals surface area contributed by atoms with Gasteiger partial charge in [-0.25, -0.2) is 9.18 Å². The number of amides is 1. The number of nitro benzene ring substituents is 1. The Kier molecular flexibility index (Phi) is 6.59. The quantitative estimate of drug-likeness (QED) is 0.456. The SMILES string of the molecule is Cc1ccc(C(=O)O[C@H](C)C(=O)NCCc2ccc(F)cc2)cc1[N+](=O)[O-]. The van der Waals surface area contributed by atoms with Crippen molar-refractivity contribution in [2.45, 2.75) is 26.4 Å². The second kappa shape index (κ2) is 8.88. The number of rotatable bonds is 7. The van der Waals surface area contributed by atoms with Crippen LogP contribution in [0.2, 0.25) is 0 Å². The van der Waals surface area contributed by atoms with E-state index in [4.69, 9.17) is 4.74 Å². The first-order valence-electron chi connectivity index (χ1n) is 8.26. The molecule has 0 saturated carbocycles. The van der Waals surface area contributed by atoms with Gasteiger partial charge in [-0.1, -0.05) is 18.2 Å². The van der Waals surface area contributed by atoms with Gasteiger partial charge in [0.05, 0.1) is 10.5 Å². The monoisotopic (exact) mass is 374 g/mol. The maximum absolute atomic E-state index is 12.8. The second-order valence-corrected chi connectivity index (χ2v) is 5.97. The van der Waals surface area contributed by atoms with Crippen molar-refractivity contribution in [3.05, 3.63) is 75.1 Å². The zero-order valence-corrected chi connectivity index (χ0v) is 14.9. The predicted octanol–water partition coefficient (Wildman–Crippen LogP) is 2.95. The molecule has 2 aromatic carbocycles. The minimum atomic E-state index is -1.06. The number of halogens is 1. The summed E-state index contributed by atoms with van der Waals surface area (Å²) in [6, 6.07) is 9.89. The van der Waals surface area contributed by atoms with E-state index in [0.29, 0.717) is 18.5 Å². The van der Waals surface area contributed by atoms with Gasteiger partial charge in [-0.05, 0) is 44.0 Å². The van der Waals surface area contributed by atoms with Crippen LogP contribution in [0.15, 0.2) is 42.5 Å². The van der Waals surface area contributed by atoms with Crippen LogP contribution in [0.3, 0.4) is 0 Å². The summed E-state index contributed by atoms with van der Waals surface area (Å²) in [5, 5.41) is 13.6. The van der Waals surface area contributed by atoms with Crippen molar-refractivity contribution < 1.29 is 23.6 Å². The van der Waals surface area contributed by atoms with E-state index in [0.717, 1.165) is 11.6 Å². The molecule has 7 nitrogen and oxygen atoms in total. The highest BCUT2D eigenvalue weighted by atomic mass is 19.1. The minimum Gasteiger partial charge on any atom is -0.449 e. The molecule has 1 N–H and O–H groups in total. The molecule has 142 valence electrons. The molecule has 27 heavy (non-hydrogen) atoms. The van der Waals surface area contributed by atoms with Crippen LogP contribution in [0.5, 0.6) is 0 Å². The summed E-state index contributed by atoms with van der Waals surface area (Å²) < 4.78 is 17.9. The van der Waals surface area contributed by atoms with Crippen LogP contribution >= 0.6 is 0 Å². The lowest BCUT2D eigenvalue weighted by Gasteiger charge is -2.13. The number of carbonyl (C=O) groups excluding carboxylic acids is 2. The first kappa shape index (κ1) is 20.0. The van der Waals surface area contributed by atoms with Gasteiger partial charge >= 0.3 is 5.97 Å². The first-order valence-corrected chi connectivity index (χ1v) is 8.26. The summed E-state index contributed by atoms with van der Waals surface area (Å²) in [7, 11) is 0. The predicted molar refractivity (Wildman–Crippen MR) is 95.8 cm³/mol. The van der Waals surface area contributed by atoms with Crippen LogP contribution < -0.4 is 5.32 Å². The molecule has 0 radical (unpaired) electrons. The van der Waals surface area contributed by atoms with E-state index in [1.165, 1.54) is 31.2 Å². The summed E-state index contributed by atoms with van der Waals surface area (Å²) in [6.45, 7) is 3.26. The largest absolute Gasteiger partial charge is 0.449 e. The molecule has 1 amide bonds. The molecule has 0 aromatic heterocycles. The van der Waals surface area contributed by atoms with Gasteiger partial charge in [0.1, 0.15) is 5.82 Å². The lowest BCUT2D eigenvalue weighted by atomic mass is 10.1. The maximum Gasteiger partial charge on any atom is 0.339 e. The molecule has 1 atom stereocenters. The van der Waals surface area contributed by atoms with Gasteiger partial charge in [-0.15, -0.1) is 0 Å². The molecule has 0 aliphatic carbocycles. The summed E-state index contributed by atoms with van der Waals surface area (Å²) >= 11 is 0. The standard InChI is InChI=1S/C19H19FN2O5/c1-12-3-6-15(11-17(12)22(25)26)19(24)27-13(2)18(23)21-10-9-14-4-7-16(20)8-5-14/h3-8,11,13H,9-10H2,1-2H3,(H,21,23)/t13-/m1/s1. The number of nitrogens with one attached hydrogen (secondary N) is 1. The molecular weight excluding hydrogens is 355 g/mol. The fraction of sp³-hybridized carbons (Fsp3) is 0.263. The second-order valence-electron chi connectivity index (χ2n) is 5.97. The molecule has 0 aliphatic rings. The molecule has 0 bridgehead atoms. The third-order valence-corrected chi connectivity index (χ3v) is 3.92. The maximum atomic E-state index is 12.8. The van der Waals surface area contributed by atoms with Gasteiger partial charge in [-0.2, -0.15) is 0 Å². The van der Waals surface area contributed by atoms with Crippen molar-refractivity contribution in [2.75, 3.05) is 6.54 Å². The molecule has 2 rings (SSSR count). The van der Waals surface area contributed by atoms with Crippen molar-refractivity contribution in [1.29, 1.82) is 0 Å². The van der Waals surface area contributed by atoms with Crippen LogP contribution in [0, 0.1) is 22.9 Å². The van der Waals surface area contributed by atoms with E-state index >= 15 is 0 Å². The van der Waals surface area contributed by atoms with Crippen LogP contribution in [-0.4, -0.2) is 29.4 Å². The fourth-order valence-corrected chi connectivity index (χ4v) is 2.34. The van der Waals surface area contributed by atoms with Crippen molar-refractivity contribution in [2.24, 2.45) is 0 Å². The molecule has 0 heterocycles. The van der Waals surface area contributed by atoms with E-state index in [2.05, 4.69) is 5.32 Å². The Morgan fingerprint density at radius 3 is 2.52 bits per heavy atom. The number of esters is 1. The van der Waals surface area contributed by atoms with Crippen molar-refractivity contribution in [3.63, 3.8) is 0 Å². The highest BCUT2D eigenvalue weighted by molar-refractivity contribution is 5.92. The number of ether oxygens (including phenoxy) is 1. The number of benzene rings is 2. The lowest BCUT2D eigenvalue weighted by molar-refractivity contribution is -0.385. The Balaban J connectivity index is 1.88. The summed E-state index contributed by atoms with van der Waals surface area (Å²) in [5.41, 5.74) is 1.08. The summed E-state index contributed by atoms with van der Waals surface area (Å²) in [6.07, 6.45) is -0.567. The molecule has 0 saturated heterocycles. The number of aryl methyl sites for hydroxylation is 1. The van der Waals surface area contributed by atoms with E-state index in [-0.39, 0.29) is 17.1 Å². The minimum absolute atomic E-state index is 0.00161. The Bertz CT molecular complexity index is 852. The van der Waals surface area contributed by atoms with Crippen molar-refractivity contribution in [3.8, 4) is 0 Å². The number of hydrogen-bond acceptors (Lipinski definition) is 5.